The van der Waals surface area contributed by atoms with Crippen LogP contribution in [0, 0.1) is 5.92 Å². The van der Waals surface area contributed by atoms with Crippen LogP contribution >= 0.6 is 0 Å². The van der Waals surface area contributed by atoms with E-state index in [0.29, 0.717) is 30.0 Å². The highest BCUT2D eigenvalue weighted by Crippen LogP contribution is 2.36. The molecule has 4 unspecified atom stereocenters. The summed E-state index contributed by atoms with van der Waals surface area (Å²) < 4.78 is 0. The highest BCUT2D eigenvalue weighted by molar-refractivity contribution is 5.84. The summed E-state index contributed by atoms with van der Waals surface area (Å²) in [7, 11) is 2.27. The van der Waals surface area contributed by atoms with E-state index in [1.54, 1.807) is 0 Å². The van der Waals surface area contributed by atoms with Crippen molar-refractivity contribution < 1.29 is 4.79 Å². The van der Waals surface area contributed by atoms with E-state index in [1.807, 2.05) is 0 Å². The third-order valence-electron chi connectivity index (χ3n) is 5.73. The zero-order valence-electron chi connectivity index (χ0n) is 13.3. The Labute approximate surface area is 122 Å². The summed E-state index contributed by atoms with van der Waals surface area (Å²) in [5.74, 6) is 0.709. The lowest BCUT2D eigenvalue weighted by molar-refractivity contribution is -0.135. The second kappa shape index (κ2) is 5.30. The minimum Gasteiger partial charge on any atom is -0.323 e. The zero-order valence-corrected chi connectivity index (χ0v) is 13.3. The molecule has 3 saturated heterocycles. The van der Waals surface area contributed by atoms with Gasteiger partial charge in [-0.2, -0.15) is 0 Å². The standard InChI is InChI=1S/C16H29N3O/c1-10(2)15-16(20)19(11(3)17-15)14-8-12-6-5-7-13(9-14)18(12)4/h10-15,17H,5-9H2,1-4H3. The second-order valence-corrected chi connectivity index (χ2v) is 7.34. The van der Waals surface area contributed by atoms with Crippen LogP contribution in [0.3, 0.4) is 0 Å². The Bertz CT molecular complexity index is 370. The summed E-state index contributed by atoms with van der Waals surface area (Å²) in [6.07, 6.45) is 6.50. The SMILES string of the molecule is CC(C)C1NC(C)N(C2CC3CCCC(C2)N3C)C1=O. The molecule has 1 amide bonds. The third kappa shape index (κ3) is 2.27. The second-order valence-electron chi connectivity index (χ2n) is 7.34. The first-order chi connectivity index (χ1) is 9.49. The van der Waals surface area contributed by atoms with Gasteiger partial charge in [0, 0.05) is 18.1 Å². The molecule has 4 atom stereocenters. The van der Waals surface area contributed by atoms with Gasteiger partial charge in [-0.3, -0.25) is 10.1 Å². The molecule has 1 N–H and O–H groups in total. The van der Waals surface area contributed by atoms with Crippen molar-refractivity contribution in [2.45, 2.75) is 83.2 Å². The lowest BCUT2D eigenvalue weighted by Crippen LogP contribution is -2.57. The van der Waals surface area contributed by atoms with Gasteiger partial charge in [-0.05, 0) is 45.6 Å². The van der Waals surface area contributed by atoms with Crippen molar-refractivity contribution in [3.8, 4) is 0 Å². The Morgan fingerprint density at radius 2 is 1.75 bits per heavy atom. The number of piperidine rings is 2. The Kier molecular flexibility index (Phi) is 3.80. The molecule has 0 spiro atoms. The van der Waals surface area contributed by atoms with Crippen LogP contribution < -0.4 is 5.32 Å². The maximum Gasteiger partial charge on any atom is 0.241 e. The first-order valence-electron chi connectivity index (χ1n) is 8.29. The molecule has 0 aliphatic carbocycles. The highest BCUT2D eigenvalue weighted by atomic mass is 16.2. The fourth-order valence-corrected chi connectivity index (χ4v) is 4.55. The van der Waals surface area contributed by atoms with E-state index in [1.165, 1.54) is 19.3 Å². The number of nitrogens with one attached hydrogen (secondary N) is 1. The Morgan fingerprint density at radius 3 is 2.25 bits per heavy atom. The van der Waals surface area contributed by atoms with Crippen molar-refractivity contribution in [1.29, 1.82) is 0 Å². The molecule has 3 heterocycles. The van der Waals surface area contributed by atoms with E-state index in [4.69, 9.17) is 0 Å². The van der Waals surface area contributed by atoms with Crippen molar-refractivity contribution in [3.05, 3.63) is 0 Å². The van der Waals surface area contributed by atoms with Gasteiger partial charge >= 0.3 is 0 Å². The van der Waals surface area contributed by atoms with E-state index >= 15 is 0 Å². The summed E-state index contributed by atoms with van der Waals surface area (Å²) >= 11 is 0. The molecule has 3 aliphatic rings. The first kappa shape index (κ1) is 14.3. The van der Waals surface area contributed by atoms with Crippen molar-refractivity contribution in [3.63, 3.8) is 0 Å². The first-order valence-corrected chi connectivity index (χ1v) is 8.29. The van der Waals surface area contributed by atoms with Crippen LogP contribution in [0.2, 0.25) is 0 Å². The van der Waals surface area contributed by atoms with Crippen molar-refractivity contribution in [2.24, 2.45) is 5.92 Å². The molecule has 114 valence electrons. The molecule has 0 aromatic heterocycles. The average molecular weight is 279 g/mol. The molecule has 3 rings (SSSR count). The van der Waals surface area contributed by atoms with Gasteiger partial charge in [-0.25, -0.2) is 0 Å². The molecule has 20 heavy (non-hydrogen) atoms. The fourth-order valence-electron chi connectivity index (χ4n) is 4.55. The molecule has 0 saturated carbocycles. The van der Waals surface area contributed by atoms with Gasteiger partial charge in [0.25, 0.3) is 0 Å². The van der Waals surface area contributed by atoms with Gasteiger partial charge in [0.2, 0.25) is 5.91 Å². The number of carbonyl (C=O) groups is 1. The number of amides is 1. The van der Waals surface area contributed by atoms with E-state index in [-0.39, 0.29) is 12.2 Å². The number of carbonyl (C=O) groups excluding carboxylic acids is 1. The van der Waals surface area contributed by atoms with E-state index < -0.39 is 0 Å². The van der Waals surface area contributed by atoms with Crippen LogP contribution in [0.1, 0.15) is 52.9 Å². The van der Waals surface area contributed by atoms with Crippen LogP contribution in [0.25, 0.3) is 0 Å². The lowest BCUT2D eigenvalue weighted by atomic mass is 9.81. The molecule has 4 nitrogen and oxygen atoms in total. The fraction of sp³-hybridized carbons (Fsp3) is 0.938. The van der Waals surface area contributed by atoms with E-state index in [0.717, 1.165) is 12.8 Å². The van der Waals surface area contributed by atoms with Crippen LogP contribution in [-0.2, 0) is 4.79 Å². The zero-order chi connectivity index (χ0) is 14.4. The number of hydrogen-bond acceptors (Lipinski definition) is 3. The van der Waals surface area contributed by atoms with Crippen LogP contribution in [0.4, 0.5) is 0 Å². The number of nitrogens with zero attached hydrogens (tertiary/aromatic N) is 2. The molecule has 3 fully saturated rings. The highest BCUT2D eigenvalue weighted by Gasteiger charge is 2.46. The molecule has 0 aromatic carbocycles. The van der Waals surface area contributed by atoms with Crippen LogP contribution in [0.5, 0.6) is 0 Å². The predicted molar refractivity (Wildman–Crippen MR) is 80.3 cm³/mol. The molecular weight excluding hydrogens is 250 g/mol. The summed E-state index contributed by atoms with van der Waals surface area (Å²) in [6, 6.07) is 1.83. The average Bonchev–Trinajstić information content (AvgIpc) is 2.65. The quantitative estimate of drug-likeness (QED) is 0.837. The smallest absolute Gasteiger partial charge is 0.241 e. The molecule has 0 aromatic rings. The maximum absolute atomic E-state index is 12.7. The van der Waals surface area contributed by atoms with Crippen LogP contribution in [-0.4, -0.2) is 53.1 Å². The Morgan fingerprint density at radius 1 is 1.15 bits per heavy atom. The number of fused-ring (bicyclic) bond motifs is 2. The third-order valence-corrected chi connectivity index (χ3v) is 5.73. The van der Waals surface area contributed by atoms with Gasteiger partial charge < -0.3 is 9.80 Å². The molecule has 2 bridgehead atoms. The van der Waals surface area contributed by atoms with Crippen LogP contribution in [0.15, 0.2) is 0 Å². The lowest BCUT2D eigenvalue weighted by Gasteiger charge is -2.49. The Balaban J connectivity index is 1.75. The minimum absolute atomic E-state index is 0.0181. The summed E-state index contributed by atoms with van der Waals surface area (Å²) in [5, 5.41) is 3.49. The molecular formula is C16H29N3O. The normalized spacial score (nSPS) is 42.5. The van der Waals surface area contributed by atoms with Crippen molar-refractivity contribution >= 4 is 5.91 Å². The van der Waals surface area contributed by atoms with Gasteiger partial charge in [0.05, 0.1) is 12.2 Å². The topological polar surface area (TPSA) is 35.6 Å². The van der Waals surface area contributed by atoms with Gasteiger partial charge in [-0.1, -0.05) is 20.3 Å². The molecule has 0 radical (unpaired) electrons. The van der Waals surface area contributed by atoms with E-state index in [9.17, 15) is 4.79 Å². The minimum atomic E-state index is 0.0181. The van der Waals surface area contributed by atoms with Gasteiger partial charge in [0.15, 0.2) is 0 Å². The van der Waals surface area contributed by atoms with Gasteiger partial charge in [0.1, 0.15) is 0 Å². The molecule has 4 heteroatoms. The number of hydrogen-bond donors (Lipinski definition) is 1. The van der Waals surface area contributed by atoms with Crippen molar-refractivity contribution in [2.75, 3.05) is 7.05 Å². The number of rotatable bonds is 2. The van der Waals surface area contributed by atoms with Gasteiger partial charge in [-0.15, -0.1) is 0 Å². The van der Waals surface area contributed by atoms with Crippen molar-refractivity contribution in [1.82, 2.24) is 15.1 Å². The largest absolute Gasteiger partial charge is 0.323 e. The molecule has 3 aliphatic heterocycles. The monoisotopic (exact) mass is 279 g/mol. The Hall–Kier alpha value is -0.610. The van der Waals surface area contributed by atoms with E-state index in [2.05, 4.69) is 42.9 Å². The maximum atomic E-state index is 12.7. The predicted octanol–water partition coefficient (Wildman–Crippen LogP) is 1.80. The summed E-state index contributed by atoms with van der Waals surface area (Å²) in [6.45, 7) is 6.42. The summed E-state index contributed by atoms with van der Waals surface area (Å²) in [5.41, 5.74) is 0. The summed E-state index contributed by atoms with van der Waals surface area (Å²) in [4.78, 5) is 17.4.